The molecule has 5 N–H and O–H groups in total. The number of rotatable bonds is 15. The summed E-state index contributed by atoms with van der Waals surface area (Å²) in [6, 6.07) is 13.9. The number of aromatic nitrogens is 2. The number of carbonyl (C=O) groups excluding carboxylic acids is 1. The number of benzene rings is 2. The number of carboxylic acids is 2. The molecule has 0 radical (unpaired) electrons. The lowest BCUT2D eigenvalue weighted by Crippen LogP contribution is -2.34. The Morgan fingerprint density at radius 1 is 1.05 bits per heavy atom. The lowest BCUT2D eigenvalue weighted by atomic mass is 10.1. The van der Waals surface area contributed by atoms with E-state index in [9.17, 15) is 24.3 Å². The van der Waals surface area contributed by atoms with E-state index in [2.05, 4.69) is 10.3 Å². The highest BCUT2D eigenvalue weighted by Gasteiger charge is 2.18. The van der Waals surface area contributed by atoms with Crippen LogP contribution in [0.25, 0.3) is 10.9 Å². The molecule has 222 valence electrons. The quantitative estimate of drug-likeness (QED) is 0.211. The van der Waals surface area contributed by atoms with Gasteiger partial charge in [-0.05, 0) is 50.2 Å². The summed E-state index contributed by atoms with van der Waals surface area (Å²) in [5, 5.41) is 20.8. The fraction of sp³-hybridized carbons (Fsp3) is 0.414. The second-order valence-electron chi connectivity index (χ2n) is 9.02. The van der Waals surface area contributed by atoms with Gasteiger partial charge in [-0.15, -0.1) is 0 Å². The van der Waals surface area contributed by atoms with Gasteiger partial charge in [-0.3, -0.25) is 19.0 Å². The SMILES string of the molecule is CCOC(Cc1ccc(OCCn2c(CC)nc3ccccc3c2=O)cc1)C(=O)O.CN[C@@H](CCC(N)=O)C(=O)O. The summed E-state index contributed by atoms with van der Waals surface area (Å²) in [5.41, 5.74) is 6.33. The van der Waals surface area contributed by atoms with Crippen molar-refractivity contribution in [3.63, 3.8) is 0 Å². The molecule has 12 nitrogen and oxygen atoms in total. The molecular weight excluding hydrogens is 532 g/mol. The van der Waals surface area contributed by atoms with Crippen LogP contribution in [0.5, 0.6) is 5.75 Å². The second kappa shape index (κ2) is 16.7. The minimum absolute atomic E-state index is 0.0629. The van der Waals surface area contributed by atoms with Gasteiger partial charge in [-0.1, -0.05) is 31.2 Å². The first kappa shape index (κ1) is 32.9. The van der Waals surface area contributed by atoms with Crippen molar-refractivity contribution in [3.8, 4) is 5.75 Å². The van der Waals surface area contributed by atoms with E-state index in [4.69, 9.17) is 20.3 Å². The molecule has 41 heavy (non-hydrogen) atoms. The van der Waals surface area contributed by atoms with Crippen LogP contribution in [-0.2, 0) is 38.5 Å². The molecule has 0 saturated heterocycles. The van der Waals surface area contributed by atoms with Crippen molar-refractivity contribution in [3.05, 3.63) is 70.3 Å². The molecule has 0 saturated carbocycles. The van der Waals surface area contributed by atoms with E-state index in [1.807, 2.05) is 37.3 Å². The number of likely N-dealkylation sites (N-methyl/N-ethyl adjacent to an activating group) is 1. The number of nitrogens with zero attached hydrogens (tertiary/aromatic N) is 2. The number of aryl methyl sites for hydroxylation is 1. The molecule has 12 heteroatoms. The molecule has 1 unspecified atom stereocenters. The number of amides is 1. The summed E-state index contributed by atoms with van der Waals surface area (Å²) in [7, 11) is 1.53. The van der Waals surface area contributed by atoms with Crippen molar-refractivity contribution in [2.75, 3.05) is 20.3 Å². The van der Waals surface area contributed by atoms with Gasteiger partial charge in [-0.2, -0.15) is 0 Å². The van der Waals surface area contributed by atoms with Gasteiger partial charge in [0.15, 0.2) is 6.10 Å². The monoisotopic (exact) mass is 570 g/mol. The fourth-order valence-corrected chi connectivity index (χ4v) is 4.00. The molecule has 0 aliphatic rings. The highest BCUT2D eigenvalue weighted by Crippen LogP contribution is 2.15. The maximum Gasteiger partial charge on any atom is 0.333 e. The number of ether oxygens (including phenoxy) is 2. The van der Waals surface area contributed by atoms with Crippen molar-refractivity contribution in [2.45, 2.75) is 58.2 Å². The molecular formula is C29H38N4O8. The van der Waals surface area contributed by atoms with Crippen LogP contribution in [0, 0.1) is 0 Å². The molecule has 1 amide bonds. The molecule has 0 aliphatic heterocycles. The van der Waals surface area contributed by atoms with E-state index in [0.29, 0.717) is 49.3 Å². The summed E-state index contributed by atoms with van der Waals surface area (Å²) in [6.45, 7) is 4.81. The molecule has 3 rings (SSSR count). The lowest BCUT2D eigenvalue weighted by molar-refractivity contribution is -0.150. The van der Waals surface area contributed by atoms with E-state index in [0.717, 1.165) is 11.4 Å². The number of aliphatic carboxylic acids is 2. The van der Waals surface area contributed by atoms with Gasteiger partial charge in [0.1, 0.15) is 24.2 Å². The topological polar surface area (TPSA) is 183 Å². The molecule has 1 heterocycles. The third-order valence-electron chi connectivity index (χ3n) is 6.15. The standard InChI is InChI=1S/C23H26N2O5.C6H12N2O3/c1-3-21-24-19-8-6-5-7-18(19)22(26)25(21)13-14-30-17-11-9-16(10-12-17)15-20(23(27)28)29-4-2;1-8-4(6(10)11)2-3-5(7)9/h5-12,20H,3-4,13-15H2,1-2H3,(H,27,28);4,8H,2-3H2,1H3,(H2,7,9)(H,10,11)/t;4-/m.0/s1. The first-order chi connectivity index (χ1) is 19.6. The zero-order valence-corrected chi connectivity index (χ0v) is 23.5. The van der Waals surface area contributed by atoms with Crippen LogP contribution in [0.1, 0.15) is 38.1 Å². The zero-order valence-electron chi connectivity index (χ0n) is 23.5. The van der Waals surface area contributed by atoms with E-state index < -0.39 is 30.0 Å². The number of carboxylic acid groups (broad SMARTS) is 2. The maximum atomic E-state index is 12.8. The van der Waals surface area contributed by atoms with Crippen molar-refractivity contribution in [2.24, 2.45) is 5.73 Å². The lowest BCUT2D eigenvalue weighted by Gasteiger charge is -2.14. The number of nitrogens with one attached hydrogen (secondary N) is 1. The molecule has 3 aromatic rings. The van der Waals surface area contributed by atoms with Crippen molar-refractivity contribution < 1.29 is 34.1 Å². The second-order valence-corrected chi connectivity index (χ2v) is 9.02. The number of hydrogen-bond donors (Lipinski definition) is 4. The smallest absolute Gasteiger partial charge is 0.333 e. The third-order valence-corrected chi connectivity index (χ3v) is 6.15. The Morgan fingerprint density at radius 2 is 1.73 bits per heavy atom. The van der Waals surface area contributed by atoms with Crippen LogP contribution in [0.15, 0.2) is 53.3 Å². The van der Waals surface area contributed by atoms with E-state index in [1.54, 1.807) is 29.7 Å². The third kappa shape index (κ3) is 10.3. The van der Waals surface area contributed by atoms with E-state index in [-0.39, 0.29) is 18.4 Å². The van der Waals surface area contributed by atoms with Crippen LogP contribution in [-0.4, -0.2) is 70.0 Å². The zero-order chi connectivity index (χ0) is 30.4. The molecule has 1 aromatic heterocycles. The molecule has 2 aromatic carbocycles. The van der Waals surface area contributed by atoms with Gasteiger partial charge in [0, 0.05) is 25.9 Å². The number of nitrogens with two attached hydrogens (primary N) is 1. The van der Waals surface area contributed by atoms with Crippen LogP contribution >= 0.6 is 0 Å². The van der Waals surface area contributed by atoms with Crippen molar-refractivity contribution in [1.29, 1.82) is 0 Å². The largest absolute Gasteiger partial charge is 0.492 e. The Morgan fingerprint density at radius 3 is 2.29 bits per heavy atom. The summed E-state index contributed by atoms with van der Waals surface area (Å²) in [4.78, 5) is 49.2. The normalized spacial score (nSPS) is 12.2. The fourth-order valence-electron chi connectivity index (χ4n) is 4.00. The Kier molecular flexibility index (Phi) is 13.4. The number of para-hydroxylation sites is 1. The Hall–Kier alpha value is -4.29. The van der Waals surface area contributed by atoms with Crippen molar-refractivity contribution >= 4 is 28.7 Å². The Balaban J connectivity index is 0.000000454. The van der Waals surface area contributed by atoms with E-state index >= 15 is 0 Å². The number of fused-ring (bicyclic) bond motifs is 1. The predicted molar refractivity (Wildman–Crippen MR) is 153 cm³/mol. The summed E-state index contributed by atoms with van der Waals surface area (Å²) >= 11 is 0. The predicted octanol–water partition coefficient (Wildman–Crippen LogP) is 1.99. The molecule has 2 atom stereocenters. The van der Waals surface area contributed by atoms with Crippen LogP contribution in [0.4, 0.5) is 0 Å². The summed E-state index contributed by atoms with van der Waals surface area (Å²) in [5.74, 6) is -1.03. The maximum absolute atomic E-state index is 12.8. The number of hydrogen-bond acceptors (Lipinski definition) is 8. The number of carbonyl (C=O) groups is 3. The highest BCUT2D eigenvalue weighted by atomic mass is 16.5. The van der Waals surface area contributed by atoms with Gasteiger partial charge in [0.05, 0.1) is 17.4 Å². The van der Waals surface area contributed by atoms with E-state index in [1.165, 1.54) is 7.05 Å². The summed E-state index contributed by atoms with van der Waals surface area (Å²) in [6.07, 6.45) is 0.418. The van der Waals surface area contributed by atoms with Gasteiger partial charge in [0.25, 0.3) is 5.56 Å². The molecule has 0 aliphatic carbocycles. The summed E-state index contributed by atoms with van der Waals surface area (Å²) < 4.78 is 12.7. The molecule has 0 spiro atoms. The van der Waals surface area contributed by atoms with Crippen LogP contribution in [0.3, 0.4) is 0 Å². The number of primary amides is 1. The molecule has 0 bridgehead atoms. The van der Waals surface area contributed by atoms with Gasteiger partial charge < -0.3 is 30.7 Å². The minimum atomic E-state index is -0.974. The first-order valence-electron chi connectivity index (χ1n) is 13.3. The average molecular weight is 571 g/mol. The van der Waals surface area contributed by atoms with Crippen LogP contribution < -0.4 is 21.3 Å². The van der Waals surface area contributed by atoms with Gasteiger partial charge >= 0.3 is 11.9 Å². The van der Waals surface area contributed by atoms with Gasteiger partial charge in [-0.25, -0.2) is 9.78 Å². The van der Waals surface area contributed by atoms with Crippen LogP contribution in [0.2, 0.25) is 0 Å². The Bertz CT molecular complexity index is 1360. The average Bonchev–Trinajstić information content (AvgIpc) is 2.95. The minimum Gasteiger partial charge on any atom is -0.492 e. The molecule has 0 fully saturated rings. The highest BCUT2D eigenvalue weighted by molar-refractivity contribution is 5.78. The van der Waals surface area contributed by atoms with Crippen molar-refractivity contribution in [1.82, 2.24) is 14.9 Å². The Labute approximate surface area is 238 Å². The van der Waals surface area contributed by atoms with Gasteiger partial charge in [0.2, 0.25) is 5.91 Å². The first-order valence-corrected chi connectivity index (χ1v) is 13.3.